The van der Waals surface area contributed by atoms with Crippen molar-refractivity contribution in [3.8, 4) is 5.75 Å². The summed E-state index contributed by atoms with van der Waals surface area (Å²) in [7, 11) is 1.59. The van der Waals surface area contributed by atoms with Crippen molar-refractivity contribution >= 4 is 17.5 Å². The van der Waals surface area contributed by atoms with E-state index in [1.807, 2.05) is 0 Å². The minimum atomic E-state index is -0.362. The summed E-state index contributed by atoms with van der Waals surface area (Å²) in [5.41, 5.74) is 0.191. The molecule has 0 fully saturated rings. The number of hydrogen-bond acceptors (Lipinski definition) is 4. The second kappa shape index (κ2) is 7.92. The standard InChI is InChI=1S/C12H16ClNO4/c1-17-6-7-18-5-4-14-12(16)10-3-2-9(13)8-11(10)15/h2-3,8,15H,4-7H2,1H3,(H,14,16). The van der Waals surface area contributed by atoms with Crippen molar-refractivity contribution in [3.05, 3.63) is 28.8 Å². The molecular weight excluding hydrogens is 258 g/mol. The van der Waals surface area contributed by atoms with Crippen molar-refractivity contribution in [2.24, 2.45) is 0 Å². The molecule has 0 saturated carbocycles. The lowest BCUT2D eigenvalue weighted by atomic mass is 10.2. The number of halogens is 1. The zero-order chi connectivity index (χ0) is 13.4. The van der Waals surface area contributed by atoms with Crippen molar-refractivity contribution in [1.82, 2.24) is 5.32 Å². The van der Waals surface area contributed by atoms with Crippen LogP contribution in [0.3, 0.4) is 0 Å². The van der Waals surface area contributed by atoms with Gasteiger partial charge in [0.2, 0.25) is 0 Å². The van der Waals surface area contributed by atoms with Crippen LogP contribution in [0.1, 0.15) is 10.4 Å². The van der Waals surface area contributed by atoms with Crippen LogP contribution in [0.5, 0.6) is 5.75 Å². The second-order valence-electron chi connectivity index (χ2n) is 3.52. The summed E-state index contributed by atoms with van der Waals surface area (Å²) in [5.74, 6) is -0.500. The van der Waals surface area contributed by atoms with Crippen LogP contribution >= 0.6 is 11.6 Å². The number of amides is 1. The maximum atomic E-state index is 11.7. The molecule has 0 aliphatic rings. The average Bonchev–Trinajstić information content (AvgIpc) is 2.33. The third-order valence-electron chi connectivity index (χ3n) is 2.17. The molecule has 18 heavy (non-hydrogen) atoms. The molecule has 1 rings (SSSR count). The summed E-state index contributed by atoms with van der Waals surface area (Å²) in [5, 5.41) is 12.6. The molecular formula is C12H16ClNO4. The summed E-state index contributed by atoms with van der Waals surface area (Å²) in [6.45, 7) is 1.76. The van der Waals surface area contributed by atoms with E-state index in [0.29, 0.717) is 31.4 Å². The summed E-state index contributed by atoms with van der Waals surface area (Å²) < 4.78 is 9.99. The highest BCUT2D eigenvalue weighted by Gasteiger charge is 2.10. The first-order valence-electron chi connectivity index (χ1n) is 5.48. The first-order chi connectivity index (χ1) is 8.65. The fraction of sp³-hybridized carbons (Fsp3) is 0.417. The molecule has 0 atom stereocenters. The molecule has 1 amide bonds. The summed E-state index contributed by atoms with van der Waals surface area (Å²) >= 11 is 5.67. The number of carbonyl (C=O) groups is 1. The molecule has 0 spiro atoms. The van der Waals surface area contributed by atoms with Crippen molar-refractivity contribution in [1.29, 1.82) is 0 Å². The number of aromatic hydroxyl groups is 1. The normalized spacial score (nSPS) is 10.3. The Kier molecular flexibility index (Phi) is 6.49. The highest BCUT2D eigenvalue weighted by Crippen LogP contribution is 2.21. The van der Waals surface area contributed by atoms with Gasteiger partial charge in [0.15, 0.2) is 0 Å². The van der Waals surface area contributed by atoms with Gasteiger partial charge in [-0.1, -0.05) is 11.6 Å². The third-order valence-corrected chi connectivity index (χ3v) is 2.40. The molecule has 0 aliphatic heterocycles. The van der Waals surface area contributed by atoms with Crippen molar-refractivity contribution in [3.63, 3.8) is 0 Å². The number of benzene rings is 1. The number of methoxy groups -OCH3 is 1. The van der Waals surface area contributed by atoms with Gasteiger partial charge in [-0.25, -0.2) is 0 Å². The van der Waals surface area contributed by atoms with Gasteiger partial charge in [-0.15, -0.1) is 0 Å². The topological polar surface area (TPSA) is 67.8 Å². The first kappa shape index (κ1) is 14.8. The van der Waals surface area contributed by atoms with Gasteiger partial charge < -0.3 is 19.9 Å². The molecule has 0 aromatic heterocycles. The third kappa shape index (κ3) is 4.91. The first-order valence-corrected chi connectivity index (χ1v) is 5.86. The zero-order valence-electron chi connectivity index (χ0n) is 10.1. The van der Waals surface area contributed by atoms with Crippen LogP contribution in [0.15, 0.2) is 18.2 Å². The Labute approximate surface area is 111 Å². The predicted octanol–water partition coefficient (Wildman–Crippen LogP) is 1.44. The minimum absolute atomic E-state index is 0.139. The van der Waals surface area contributed by atoms with Gasteiger partial charge in [0.05, 0.1) is 25.4 Å². The summed E-state index contributed by atoms with van der Waals surface area (Å²) in [6, 6.07) is 4.34. The Morgan fingerprint density at radius 2 is 2.17 bits per heavy atom. The maximum absolute atomic E-state index is 11.7. The Morgan fingerprint density at radius 1 is 1.39 bits per heavy atom. The molecule has 1 aromatic rings. The lowest BCUT2D eigenvalue weighted by molar-refractivity contribution is 0.0692. The number of phenolic OH excluding ortho intramolecular Hbond substituents is 1. The van der Waals surface area contributed by atoms with Crippen LogP contribution in [-0.4, -0.2) is 44.5 Å². The van der Waals surface area contributed by atoms with Crippen molar-refractivity contribution in [2.45, 2.75) is 0 Å². The molecule has 0 bridgehead atoms. The van der Waals surface area contributed by atoms with Crippen LogP contribution < -0.4 is 5.32 Å². The molecule has 0 unspecified atom stereocenters. The van der Waals surface area contributed by atoms with Gasteiger partial charge >= 0.3 is 0 Å². The Bertz CT molecular complexity index is 398. The SMILES string of the molecule is COCCOCCNC(=O)c1ccc(Cl)cc1O. The van der Waals surface area contributed by atoms with E-state index in [2.05, 4.69) is 5.32 Å². The number of carbonyl (C=O) groups excluding carboxylic acids is 1. The van der Waals surface area contributed by atoms with Gasteiger partial charge in [0, 0.05) is 18.7 Å². The fourth-order valence-corrected chi connectivity index (χ4v) is 1.44. The molecule has 2 N–H and O–H groups in total. The Hall–Kier alpha value is -1.30. The van der Waals surface area contributed by atoms with E-state index < -0.39 is 0 Å². The average molecular weight is 274 g/mol. The number of phenols is 1. The van der Waals surface area contributed by atoms with E-state index in [1.165, 1.54) is 12.1 Å². The molecule has 6 heteroatoms. The molecule has 0 saturated heterocycles. The predicted molar refractivity (Wildman–Crippen MR) is 68.1 cm³/mol. The smallest absolute Gasteiger partial charge is 0.255 e. The van der Waals surface area contributed by atoms with Gasteiger partial charge in [-0.05, 0) is 18.2 Å². The van der Waals surface area contributed by atoms with Gasteiger partial charge in [0.1, 0.15) is 5.75 Å². The second-order valence-corrected chi connectivity index (χ2v) is 3.96. The number of hydrogen-bond donors (Lipinski definition) is 2. The molecule has 100 valence electrons. The molecule has 1 aromatic carbocycles. The quantitative estimate of drug-likeness (QED) is 0.738. The molecule has 5 nitrogen and oxygen atoms in total. The highest BCUT2D eigenvalue weighted by atomic mass is 35.5. The van der Waals surface area contributed by atoms with Gasteiger partial charge in [-0.3, -0.25) is 4.79 Å². The van der Waals surface area contributed by atoms with E-state index in [1.54, 1.807) is 13.2 Å². The van der Waals surface area contributed by atoms with Crippen LogP contribution in [-0.2, 0) is 9.47 Å². The van der Waals surface area contributed by atoms with Crippen molar-refractivity contribution in [2.75, 3.05) is 33.5 Å². The highest BCUT2D eigenvalue weighted by molar-refractivity contribution is 6.30. The number of ether oxygens (including phenoxy) is 2. The maximum Gasteiger partial charge on any atom is 0.255 e. The Morgan fingerprint density at radius 3 is 2.83 bits per heavy atom. The monoisotopic (exact) mass is 273 g/mol. The fourth-order valence-electron chi connectivity index (χ4n) is 1.27. The van der Waals surface area contributed by atoms with Crippen LogP contribution in [0.4, 0.5) is 0 Å². The molecule has 0 aliphatic carbocycles. The summed E-state index contributed by atoms with van der Waals surface area (Å²) in [4.78, 5) is 11.7. The van der Waals surface area contributed by atoms with Crippen LogP contribution in [0.25, 0.3) is 0 Å². The van der Waals surface area contributed by atoms with Gasteiger partial charge in [0.25, 0.3) is 5.91 Å². The number of nitrogens with one attached hydrogen (secondary N) is 1. The number of rotatable bonds is 7. The van der Waals surface area contributed by atoms with Gasteiger partial charge in [-0.2, -0.15) is 0 Å². The van der Waals surface area contributed by atoms with E-state index >= 15 is 0 Å². The molecule has 0 heterocycles. The van der Waals surface area contributed by atoms with Crippen molar-refractivity contribution < 1.29 is 19.4 Å². The largest absolute Gasteiger partial charge is 0.507 e. The van der Waals surface area contributed by atoms with E-state index in [0.717, 1.165) is 0 Å². The lowest BCUT2D eigenvalue weighted by Gasteiger charge is -2.07. The van der Waals surface area contributed by atoms with Crippen LogP contribution in [0.2, 0.25) is 5.02 Å². The molecule has 0 radical (unpaired) electrons. The van der Waals surface area contributed by atoms with E-state index in [9.17, 15) is 9.90 Å². The van der Waals surface area contributed by atoms with E-state index in [4.69, 9.17) is 21.1 Å². The van der Waals surface area contributed by atoms with E-state index in [-0.39, 0.29) is 17.2 Å². The zero-order valence-corrected chi connectivity index (χ0v) is 10.9. The Balaban J connectivity index is 2.32. The minimum Gasteiger partial charge on any atom is -0.507 e. The van der Waals surface area contributed by atoms with Crippen LogP contribution in [0, 0.1) is 0 Å². The lowest BCUT2D eigenvalue weighted by Crippen LogP contribution is -2.27. The summed E-state index contributed by atoms with van der Waals surface area (Å²) in [6.07, 6.45) is 0.